The maximum absolute atomic E-state index is 6.19. The molecule has 0 aromatic heterocycles. The van der Waals surface area contributed by atoms with Crippen LogP contribution in [-0.4, -0.2) is 30.0 Å². The molecular formula is C17H25N3. The SMILES string of the molecule is NC(=NC1CC(c2ccccc2)C1)N1CCCCCC1. The van der Waals surface area contributed by atoms with Gasteiger partial charge in [0, 0.05) is 13.1 Å². The van der Waals surface area contributed by atoms with Crippen LogP contribution in [0.3, 0.4) is 0 Å². The smallest absolute Gasteiger partial charge is 0.191 e. The zero-order valence-corrected chi connectivity index (χ0v) is 12.2. The van der Waals surface area contributed by atoms with Crippen molar-refractivity contribution in [1.82, 2.24) is 4.90 Å². The van der Waals surface area contributed by atoms with Crippen LogP contribution in [0, 0.1) is 0 Å². The molecule has 2 N–H and O–H groups in total. The minimum absolute atomic E-state index is 0.434. The molecule has 1 aromatic rings. The van der Waals surface area contributed by atoms with Crippen LogP contribution in [0.4, 0.5) is 0 Å². The van der Waals surface area contributed by atoms with Crippen LogP contribution < -0.4 is 5.73 Å². The van der Waals surface area contributed by atoms with Crippen LogP contribution in [0.1, 0.15) is 50.0 Å². The van der Waals surface area contributed by atoms with Crippen LogP contribution in [0.15, 0.2) is 35.3 Å². The topological polar surface area (TPSA) is 41.6 Å². The normalized spacial score (nSPS) is 27.8. The Bertz CT molecular complexity index is 441. The molecule has 3 rings (SSSR count). The molecular weight excluding hydrogens is 246 g/mol. The predicted molar refractivity (Wildman–Crippen MR) is 83.9 cm³/mol. The van der Waals surface area contributed by atoms with Crippen LogP contribution in [0.25, 0.3) is 0 Å². The molecule has 1 heterocycles. The van der Waals surface area contributed by atoms with Crippen LogP contribution in [0.2, 0.25) is 0 Å². The Kier molecular flexibility index (Phi) is 4.24. The molecule has 1 saturated heterocycles. The van der Waals surface area contributed by atoms with E-state index in [2.05, 4.69) is 35.2 Å². The molecule has 0 atom stereocenters. The fourth-order valence-corrected chi connectivity index (χ4v) is 3.26. The summed E-state index contributed by atoms with van der Waals surface area (Å²) in [5.41, 5.74) is 7.64. The highest BCUT2D eigenvalue weighted by Gasteiger charge is 2.30. The summed E-state index contributed by atoms with van der Waals surface area (Å²) in [6.45, 7) is 2.17. The van der Waals surface area contributed by atoms with Gasteiger partial charge in [0.25, 0.3) is 0 Å². The lowest BCUT2D eigenvalue weighted by molar-refractivity contribution is 0.344. The molecule has 1 aromatic carbocycles. The molecule has 108 valence electrons. The highest BCUT2D eigenvalue weighted by atomic mass is 15.3. The van der Waals surface area contributed by atoms with Crippen LogP contribution in [-0.2, 0) is 0 Å². The van der Waals surface area contributed by atoms with Crippen LogP contribution >= 0.6 is 0 Å². The van der Waals surface area contributed by atoms with E-state index in [1.807, 2.05) is 0 Å². The molecule has 1 saturated carbocycles. The maximum atomic E-state index is 6.19. The number of hydrogen-bond acceptors (Lipinski definition) is 1. The van der Waals surface area contributed by atoms with Gasteiger partial charge in [-0.2, -0.15) is 0 Å². The van der Waals surface area contributed by atoms with Gasteiger partial charge in [-0.15, -0.1) is 0 Å². The third-order valence-corrected chi connectivity index (χ3v) is 4.63. The first-order chi connectivity index (χ1) is 9.83. The summed E-state index contributed by atoms with van der Waals surface area (Å²) >= 11 is 0. The van der Waals surface area contributed by atoms with Gasteiger partial charge in [0.2, 0.25) is 0 Å². The quantitative estimate of drug-likeness (QED) is 0.663. The van der Waals surface area contributed by atoms with Gasteiger partial charge in [0.15, 0.2) is 5.96 Å². The van der Waals surface area contributed by atoms with Crippen LogP contribution in [0.5, 0.6) is 0 Å². The predicted octanol–water partition coefficient (Wildman–Crippen LogP) is 3.12. The van der Waals surface area contributed by atoms with Crippen molar-refractivity contribution in [3.8, 4) is 0 Å². The Morgan fingerprint density at radius 1 is 1.00 bits per heavy atom. The zero-order chi connectivity index (χ0) is 13.8. The summed E-state index contributed by atoms with van der Waals surface area (Å²) in [4.78, 5) is 7.02. The van der Waals surface area contributed by atoms with E-state index in [1.165, 1.54) is 31.2 Å². The average molecular weight is 271 g/mol. The second-order valence-corrected chi connectivity index (χ2v) is 6.12. The standard InChI is InChI=1S/C17H25N3/c18-17(20-10-6-1-2-7-11-20)19-16-12-15(13-16)14-8-4-3-5-9-14/h3-5,8-9,15-16H,1-2,6-7,10-13H2,(H2,18,19). The summed E-state index contributed by atoms with van der Waals surface area (Å²) < 4.78 is 0. The zero-order valence-electron chi connectivity index (χ0n) is 12.2. The fraction of sp³-hybridized carbons (Fsp3) is 0.588. The molecule has 0 bridgehead atoms. The van der Waals surface area contributed by atoms with Crippen molar-refractivity contribution < 1.29 is 0 Å². The van der Waals surface area contributed by atoms with E-state index in [9.17, 15) is 0 Å². The third kappa shape index (κ3) is 3.14. The van der Waals surface area contributed by atoms with Gasteiger partial charge in [0.1, 0.15) is 0 Å². The molecule has 3 nitrogen and oxygen atoms in total. The van der Waals surface area contributed by atoms with Crippen molar-refractivity contribution in [2.75, 3.05) is 13.1 Å². The van der Waals surface area contributed by atoms with Gasteiger partial charge in [0.05, 0.1) is 6.04 Å². The van der Waals surface area contributed by atoms with Gasteiger partial charge in [-0.25, -0.2) is 4.99 Å². The average Bonchev–Trinajstić information content (AvgIpc) is 2.72. The van der Waals surface area contributed by atoms with Gasteiger partial charge in [-0.1, -0.05) is 43.2 Å². The Labute approximate surface area is 121 Å². The monoisotopic (exact) mass is 271 g/mol. The van der Waals surface area contributed by atoms with Crippen molar-refractivity contribution in [1.29, 1.82) is 0 Å². The molecule has 0 unspecified atom stereocenters. The number of aliphatic imine (C=N–C) groups is 1. The highest BCUT2D eigenvalue weighted by molar-refractivity contribution is 5.78. The van der Waals surface area contributed by atoms with E-state index in [0.717, 1.165) is 31.9 Å². The second kappa shape index (κ2) is 6.29. The molecule has 3 heteroatoms. The Morgan fingerprint density at radius 2 is 1.65 bits per heavy atom. The van der Waals surface area contributed by atoms with Crippen molar-refractivity contribution in [2.45, 2.75) is 50.5 Å². The molecule has 1 aliphatic carbocycles. The first-order valence-electron chi connectivity index (χ1n) is 7.96. The molecule has 2 fully saturated rings. The highest BCUT2D eigenvalue weighted by Crippen LogP contribution is 2.38. The Hall–Kier alpha value is -1.51. The molecule has 1 aliphatic heterocycles. The van der Waals surface area contributed by atoms with Gasteiger partial charge >= 0.3 is 0 Å². The number of benzene rings is 1. The number of rotatable bonds is 2. The summed E-state index contributed by atoms with van der Waals surface area (Å²) in [7, 11) is 0. The summed E-state index contributed by atoms with van der Waals surface area (Å²) in [5, 5.41) is 0. The van der Waals surface area contributed by atoms with E-state index in [-0.39, 0.29) is 0 Å². The minimum atomic E-state index is 0.434. The largest absolute Gasteiger partial charge is 0.370 e. The van der Waals surface area contributed by atoms with Crippen molar-refractivity contribution in [2.24, 2.45) is 10.7 Å². The molecule has 0 amide bonds. The van der Waals surface area contributed by atoms with E-state index in [0.29, 0.717) is 12.0 Å². The van der Waals surface area contributed by atoms with Crippen molar-refractivity contribution >= 4 is 5.96 Å². The van der Waals surface area contributed by atoms with Crippen molar-refractivity contribution in [3.63, 3.8) is 0 Å². The lowest BCUT2D eigenvalue weighted by Crippen LogP contribution is -2.40. The first kappa shape index (κ1) is 13.5. The molecule has 0 radical (unpaired) electrons. The fourth-order valence-electron chi connectivity index (χ4n) is 3.26. The molecule has 0 spiro atoms. The molecule has 20 heavy (non-hydrogen) atoms. The van der Waals surface area contributed by atoms with Gasteiger partial charge in [-0.05, 0) is 37.2 Å². The van der Waals surface area contributed by atoms with E-state index < -0.39 is 0 Å². The van der Waals surface area contributed by atoms with Crippen molar-refractivity contribution in [3.05, 3.63) is 35.9 Å². The van der Waals surface area contributed by atoms with E-state index in [1.54, 1.807) is 0 Å². The van der Waals surface area contributed by atoms with E-state index >= 15 is 0 Å². The number of guanidine groups is 1. The number of nitrogens with two attached hydrogens (primary N) is 1. The Morgan fingerprint density at radius 3 is 2.30 bits per heavy atom. The first-order valence-corrected chi connectivity index (χ1v) is 7.96. The maximum Gasteiger partial charge on any atom is 0.191 e. The summed E-state index contributed by atoms with van der Waals surface area (Å²) in [6.07, 6.45) is 7.49. The lowest BCUT2D eigenvalue weighted by Gasteiger charge is -2.34. The van der Waals surface area contributed by atoms with E-state index in [4.69, 9.17) is 10.7 Å². The molecule has 2 aliphatic rings. The lowest BCUT2D eigenvalue weighted by atomic mass is 9.76. The number of likely N-dealkylation sites (tertiary alicyclic amines) is 1. The summed E-state index contributed by atoms with van der Waals surface area (Å²) in [6, 6.07) is 11.2. The van der Waals surface area contributed by atoms with Gasteiger partial charge in [-0.3, -0.25) is 0 Å². The minimum Gasteiger partial charge on any atom is -0.370 e. The second-order valence-electron chi connectivity index (χ2n) is 6.12. The Balaban J connectivity index is 1.53. The third-order valence-electron chi connectivity index (χ3n) is 4.63. The number of nitrogens with zero attached hydrogens (tertiary/aromatic N) is 2. The number of hydrogen-bond donors (Lipinski definition) is 1. The van der Waals surface area contributed by atoms with Gasteiger partial charge < -0.3 is 10.6 Å². The summed E-state index contributed by atoms with van der Waals surface area (Å²) in [5.74, 6) is 1.46.